The molecule has 84 valence electrons. The number of hydrogen-bond donors (Lipinski definition) is 1. The molecule has 1 rings (SSSR count). The molecule has 0 saturated heterocycles. The van der Waals surface area contributed by atoms with Crippen LogP contribution in [-0.2, 0) is 0 Å². The highest BCUT2D eigenvalue weighted by atomic mass is 14.8. The Balaban J connectivity index is 2.03. The summed E-state index contributed by atoms with van der Waals surface area (Å²) in [7, 11) is 0. The van der Waals surface area contributed by atoms with Gasteiger partial charge in [0.25, 0.3) is 0 Å². The fourth-order valence-electron chi connectivity index (χ4n) is 2.62. The molecule has 1 N–H and O–H groups in total. The molecule has 0 aromatic carbocycles. The third-order valence-corrected chi connectivity index (χ3v) is 3.52. The fourth-order valence-corrected chi connectivity index (χ4v) is 2.62. The third kappa shape index (κ3) is 4.45. The molecule has 1 fully saturated rings. The molecule has 0 aromatic heterocycles. The lowest BCUT2D eigenvalue weighted by atomic mass is 9.80. The maximum Gasteiger partial charge on any atom is -0.00205 e. The molecular formula is C13H27N. The second-order valence-corrected chi connectivity index (χ2v) is 4.88. The van der Waals surface area contributed by atoms with E-state index in [0.29, 0.717) is 0 Å². The Bertz CT molecular complexity index is 125. The van der Waals surface area contributed by atoms with Crippen LogP contribution in [0.4, 0.5) is 0 Å². The van der Waals surface area contributed by atoms with Gasteiger partial charge in [-0.05, 0) is 44.2 Å². The van der Waals surface area contributed by atoms with Gasteiger partial charge in [0, 0.05) is 0 Å². The summed E-state index contributed by atoms with van der Waals surface area (Å²) in [5.74, 6) is 2.04. The minimum atomic E-state index is 0.981. The number of nitrogens with one attached hydrogen (secondary N) is 1. The molecule has 14 heavy (non-hydrogen) atoms. The molecular weight excluding hydrogens is 170 g/mol. The van der Waals surface area contributed by atoms with Crippen molar-refractivity contribution < 1.29 is 0 Å². The van der Waals surface area contributed by atoms with E-state index in [-0.39, 0.29) is 0 Å². The molecule has 1 aliphatic rings. The van der Waals surface area contributed by atoms with E-state index in [2.05, 4.69) is 19.2 Å². The Hall–Kier alpha value is -0.0400. The van der Waals surface area contributed by atoms with Crippen molar-refractivity contribution in [3.63, 3.8) is 0 Å². The average Bonchev–Trinajstić information content (AvgIpc) is 2.21. The third-order valence-electron chi connectivity index (χ3n) is 3.52. The van der Waals surface area contributed by atoms with Gasteiger partial charge >= 0.3 is 0 Å². The Morgan fingerprint density at radius 3 is 2.14 bits per heavy atom. The van der Waals surface area contributed by atoms with Crippen molar-refractivity contribution >= 4 is 0 Å². The summed E-state index contributed by atoms with van der Waals surface area (Å²) in [6.45, 7) is 7.03. The summed E-state index contributed by atoms with van der Waals surface area (Å²) in [6, 6.07) is 0. The van der Waals surface area contributed by atoms with Crippen molar-refractivity contribution in [1.82, 2.24) is 5.32 Å². The standard InChI is InChI=1S/C13H27N/c1-3-5-12-6-8-13(9-7-12)11-14-10-4-2/h12-14H,3-11H2,1-2H3. The van der Waals surface area contributed by atoms with E-state index in [0.717, 1.165) is 11.8 Å². The zero-order valence-corrected chi connectivity index (χ0v) is 10.0. The molecule has 0 aromatic rings. The maximum atomic E-state index is 3.55. The lowest BCUT2D eigenvalue weighted by molar-refractivity contribution is 0.256. The van der Waals surface area contributed by atoms with Gasteiger partial charge in [-0.15, -0.1) is 0 Å². The molecule has 1 nitrogen and oxygen atoms in total. The lowest BCUT2D eigenvalue weighted by Gasteiger charge is -2.28. The molecule has 1 heteroatoms. The lowest BCUT2D eigenvalue weighted by Crippen LogP contribution is -2.26. The highest BCUT2D eigenvalue weighted by Gasteiger charge is 2.19. The normalized spacial score (nSPS) is 27.9. The van der Waals surface area contributed by atoms with Crippen molar-refractivity contribution in [3.05, 3.63) is 0 Å². The Morgan fingerprint density at radius 1 is 0.929 bits per heavy atom. The summed E-state index contributed by atoms with van der Waals surface area (Å²) < 4.78 is 0. The van der Waals surface area contributed by atoms with Crippen molar-refractivity contribution in [2.45, 2.75) is 58.8 Å². The summed E-state index contributed by atoms with van der Waals surface area (Å²) in [6.07, 6.45) is 10.0. The van der Waals surface area contributed by atoms with E-state index in [4.69, 9.17) is 0 Å². The molecule has 0 aliphatic heterocycles. The SMILES string of the molecule is CCCNCC1CCC(CCC)CC1. The predicted molar refractivity (Wildman–Crippen MR) is 63.5 cm³/mol. The van der Waals surface area contributed by atoms with Crippen LogP contribution in [-0.4, -0.2) is 13.1 Å². The van der Waals surface area contributed by atoms with Gasteiger partial charge in [-0.2, -0.15) is 0 Å². The number of hydrogen-bond acceptors (Lipinski definition) is 1. The van der Waals surface area contributed by atoms with Crippen molar-refractivity contribution in [1.29, 1.82) is 0 Å². The predicted octanol–water partition coefficient (Wildman–Crippen LogP) is 3.59. The zero-order chi connectivity index (χ0) is 10.2. The summed E-state index contributed by atoms with van der Waals surface area (Å²) >= 11 is 0. The van der Waals surface area contributed by atoms with Crippen LogP contribution in [0.3, 0.4) is 0 Å². The van der Waals surface area contributed by atoms with Crippen LogP contribution in [0.2, 0.25) is 0 Å². The Kier molecular flexibility index (Phi) is 6.25. The summed E-state index contributed by atoms with van der Waals surface area (Å²) in [5.41, 5.74) is 0. The van der Waals surface area contributed by atoms with Crippen molar-refractivity contribution in [3.8, 4) is 0 Å². The smallest absolute Gasteiger partial charge is 0.00205 e. The van der Waals surface area contributed by atoms with Gasteiger partial charge in [0.15, 0.2) is 0 Å². The molecule has 0 amide bonds. The van der Waals surface area contributed by atoms with Crippen LogP contribution >= 0.6 is 0 Å². The van der Waals surface area contributed by atoms with Gasteiger partial charge < -0.3 is 5.32 Å². The van der Waals surface area contributed by atoms with Gasteiger partial charge in [-0.1, -0.05) is 39.5 Å². The first-order valence-electron chi connectivity index (χ1n) is 6.57. The van der Waals surface area contributed by atoms with Crippen molar-refractivity contribution in [2.24, 2.45) is 11.8 Å². The van der Waals surface area contributed by atoms with Crippen LogP contribution in [0, 0.1) is 11.8 Å². The summed E-state index contributed by atoms with van der Waals surface area (Å²) in [5, 5.41) is 3.55. The highest BCUT2D eigenvalue weighted by Crippen LogP contribution is 2.30. The van der Waals surface area contributed by atoms with Crippen LogP contribution in [0.5, 0.6) is 0 Å². The molecule has 0 radical (unpaired) electrons. The summed E-state index contributed by atoms with van der Waals surface area (Å²) in [4.78, 5) is 0. The van der Waals surface area contributed by atoms with Crippen LogP contribution in [0.15, 0.2) is 0 Å². The quantitative estimate of drug-likeness (QED) is 0.642. The minimum Gasteiger partial charge on any atom is -0.316 e. The van der Waals surface area contributed by atoms with Gasteiger partial charge in [0.05, 0.1) is 0 Å². The molecule has 0 atom stereocenters. The monoisotopic (exact) mass is 197 g/mol. The first kappa shape index (κ1) is 12.0. The first-order valence-corrected chi connectivity index (χ1v) is 6.57. The van der Waals surface area contributed by atoms with Gasteiger partial charge in [-0.25, -0.2) is 0 Å². The first-order chi connectivity index (χ1) is 6.86. The van der Waals surface area contributed by atoms with Gasteiger partial charge in [-0.3, -0.25) is 0 Å². The highest BCUT2D eigenvalue weighted by molar-refractivity contribution is 4.73. The van der Waals surface area contributed by atoms with E-state index >= 15 is 0 Å². The topological polar surface area (TPSA) is 12.0 Å². The minimum absolute atomic E-state index is 0.981. The van der Waals surface area contributed by atoms with Crippen molar-refractivity contribution in [2.75, 3.05) is 13.1 Å². The second-order valence-electron chi connectivity index (χ2n) is 4.88. The molecule has 1 saturated carbocycles. The Morgan fingerprint density at radius 2 is 1.57 bits per heavy atom. The molecule has 0 heterocycles. The van der Waals surface area contributed by atoms with E-state index in [1.165, 1.54) is 58.0 Å². The molecule has 0 spiro atoms. The van der Waals surface area contributed by atoms with E-state index in [1.807, 2.05) is 0 Å². The zero-order valence-electron chi connectivity index (χ0n) is 10.0. The molecule has 0 unspecified atom stereocenters. The number of rotatable bonds is 6. The van der Waals surface area contributed by atoms with Crippen LogP contribution < -0.4 is 5.32 Å². The molecule has 1 aliphatic carbocycles. The average molecular weight is 197 g/mol. The molecule has 0 bridgehead atoms. The van der Waals surface area contributed by atoms with Crippen LogP contribution in [0.1, 0.15) is 58.8 Å². The van der Waals surface area contributed by atoms with E-state index in [9.17, 15) is 0 Å². The second kappa shape index (κ2) is 7.28. The van der Waals surface area contributed by atoms with Crippen LogP contribution in [0.25, 0.3) is 0 Å². The van der Waals surface area contributed by atoms with Gasteiger partial charge in [0.1, 0.15) is 0 Å². The largest absolute Gasteiger partial charge is 0.316 e. The maximum absolute atomic E-state index is 3.55. The fraction of sp³-hybridized carbons (Fsp3) is 1.00. The van der Waals surface area contributed by atoms with Gasteiger partial charge in [0.2, 0.25) is 0 Å². The van der Waals surface area contributed by atoms with E-state index < -0.39 is 0 Å². The van der Waals surface area contributed by atoms with E-state index in [1.54, 1.807) is 0 Å². The Labute approximate surface area is 89.7 Å².